The predicted molar refractivity (Wildman–Crippen MR) is 90.8 cm³/mol. The molecule has 0 aliphatic carbocycles. The van der Waals surface area contributed by atoms with E-state index >= 15 is 0 Å². The molecule has 2 heterocycles. The number of hydrogen-bond donors (Lipinski definition) is 1. The number of carbonyl (C=O) groups excluding carboxylic acids is 2. The van der Waals surface area contributed by atoms with Gasteiger partial charge in [-0.05, 0) is 41.5 Å². The largest absolute Gasteiger partial charge is 0.444 e. The van der Waals surface area contributed by atoms with Gasteiger partial charge < -0.3 is 19.7 Å². The van der Waals surface area contributed by atoms with Crippen LogP contribution in [0.5, 0.6) is 0 Å². The monoisotopic (exact) mass is 341 g/mol. The first-order chi connectivity index (χ1) is 10.9. The highest BCUT2D eigenvalue weighted by Gasteiger charge is 2.39. The molecule has 0 radical (unpaired) electrons. The highest BCUT2D eigenvalue weighted by Crippen LogP contribution is 2.19. The summed E-state index contributed by atoms with van der Waals surface area (Å²) in [6.07, 6.45) is -0.151. The third-order valence-electron chi connectivity index (χ3n) is 3.78. The number of hydrogen-bond acceptors (Lipinski definition) is 5. The Hall–Kier alpha value is -1.34. The fraction of sp³-hybridized carbons (Fsp3) is 0.882. The summed E-state index contributed by atoms with van der Waals surface area (Å²) in [5, 5.41) is 3.02. The molecule has 7 heteroatoms. The average molecular weight is 341 g/mol. The summed E-state index contributed by atoms with van der Waals surface area (Å²) in [5.41, 5.74) is -0.855. The lowest BCUT2D eigenvalue weighted by Gasteiger charge is -2.41. The molecule has 2 fully saturated rings. The number of carbonyl (C=O) groups is 2. The Balaban J connectivity index is 2.04. The summed E-state index contributed by atoms with van der Waals surface area (Å²) in [4.78, 5) is 28.8. The summed E-state index contributed by atoms with van der Waals surface area (Å²) in [6, 6.07) is -0.380. The number of rotatable bonds is 3. The van der Waals surface area contributed by atoms with E-state index in [9.17, 15) is 9.59 Å². The molecule has 2 aliphatic heterocycles. The van der Waals surface area contributed by atoms with Crippen molar-refractivity contribution in [1.82, 2.24) is 15.1 Å². The third kappa shape index (κ3) is 5.94. The van der Waals surface area contributed by atoms with Crippen LogP contribution in [-0.4, -0.2) is 77.9 Å². The second-order valence-electron chi connectivity index (χ2n) is 8.63. The Morgan fingerprint density at radius 1 is 1.17 bits per heavy atom. The molecule has 0 aromatic rings. The van der Waals surface area contributed by atoms with Crippen molar-refractivity contribution < 1.29 is 19.1 Å². The van der Waals surface area contributed by atoms with Gasteiger partial charge in [0.1, 0.15) is 11.6 Å². The summed E-state index contributed by atoms with van der Waals surface area (Å²) >= 11 is 0. The van der Waals surface area contributed by atoms with Gasteiger partial charge in [-0.15, -0.1) is 0 Å². The van der Waals surface area contributed by atoms with Crippen LogP contribution in [0.3, 0.4) is 0 Å². The molecular weight excluding hydrogens is 310 g/mol. The molecule has 2 saturated heterocycles. The molecule has 2 aliphatic rings. The van der Waals surface area contributed by atoms with E-state index in [0.717, 1.165) is 13.2 Å². The molecule has 0 aromatic heterocycles. The number of amides is 2. The zero-order valence-electron chi connectivity index (χ0n) is 15.7. The molecule has 0 saturated carbocycles. The third-order valence-corrected chi connectivity index (χ3v) is 3.78. The molecule has 24 heavy (non-hydrogen) atoms. The van der Waals surface area contributed by atoms with E-state index in [1.54, 1.807) is 4.90 Å². The number of nitrogens with zero attached hydrogens (tertiary/aromatic N) is 2. The van der Waals surface area contributed by atoms with Crippen molar-refractivity contribution >= 4 is 12.0 Å². The quantitative estimate of drug-likeness (QED) is 0.781. The maximum atomic E-state index is 12.7. The van der Waals surface area contributed by atoms with Crippen LogP contribution < -0.4 is 5.32 Å². The number of nitrogens with one attached hydrogen (secondary N) is 1. The van der Waals surface area contributed by atoms with Crippen LogP contribution in [0, 0.1) is 0 Å². The van der Waals surface area contributed by atoms with E-state index in [4.69, 9.17) is 9.47 Å². The maximum Gasteiger partial charge on any atom is 0.410 e. The van der Waals surface area contributed by atoms with Crippen molar-refractivity contribution in [2.75, 3.05) is 32.8 Å². The normalized spacial score (nSPS) is 25.3. The highest BCUT2D eigenvalue weighted by atomic mass is 16.6. The first-order valence-electron chi connectivity index (χ1n) is 8.60. The SMILES string of the molecule is CC(C)(C)NC(=O)[C@@H]1CN(C(=O)OC(C)(C)C)CCN1C[C@@H]1CO1. The minimum atomic E-state index is -0.542. The molecule has 138 valence electrons. The second-order valence-corrected chi connectivity index (χ2v) is 8.63. The Morgan fingerprint density at radius 2 is 1.79 bits per heavy atom. The molecule has 0 unspecified atom stereocenters. The van der Waals surface area contributed by atoms with Crippen LogP contribution >= 0.6 is 0 Å². The molecule has 0 spiro atoms. The van der Waals surface area contributed by atoms with Crippen LogP contribution in [0.2, 0.25) is 0 Å². The Labute approximate surface area is 144 Å². The highest BCUT2D eigenvalue weighted by molar-refractivity contribution is 5.83. The maximum absolute atomic E-state index is 12.7. The zero-order valence-corrected chi connectivity index (χ0v) is 15.7. The van der Waals surface area contributed by atoms with Gasteiger partial charge in [-0.25, -0.2) is 4.79 Å². The van der Waals surface area contributed by atoms with Crippen molar-refractivity contribution in [3.63, 3.8) is 0 Å². The van der Waals surface area contributed by atoms with Gasteiger partial charge in [-0.3, -0.25) is 9.69 Å². The standard InChI is InChI=1S/C17H31N3O4/c1-16(2,3)18-14(21)13-10-20(15(22)24-17(4,5)6)8-7-19(13)9-12-11-23-12/h12-13H,7-11H2,1-6H3,(H,18,21)/t12-,13+/m1/s1. The van der Waals surface area contributed by atoms with Gasteiger partial charge in [0.15, 0.2) is 0 Å². The van der Waals surface area contributed by atoms with E-state index in [1.807, 2.05) is 41.5 Å². The number of ether oxygens (including phenoxy) is 2. The smallest absolute Gasteiger partial charge is 0.410 e. The summed E-state index contributed by atoms with van der Waals surface area (Å²) < 4.78 is 10.7. The van der Waals surface area contributed by atoms with E-state index < -0.39 is 5.60 Å². The van der Waals surface area contributed by atoms with Crippen LogP contribution in [0.25, 0.3) is 0 Å². The number of epoxide rings is 1. The van der Waals surface area contributed by atoms with Crippen molar-refractivity contribution in [1.29, 1.82) is 0 Å². The van der Waals surface area contributed by atoms with Crippen molar-refractivity contribution in [2.45, 2.75) is 64.8 Å². The van der Waals surface area contributed by atoms with Crippen molar-refractivity contribution in [3.8, 4) is 0 Å². The van der Waals surface area contributed by atoms with E-state index in [-0.39, 0.29) is 29.7 Å². The molecule has 2 amide bonds. The zero-order chi connectivity index (χ0) is 18.1. The minimum Gasteiger partial charge on any atom is -0.444 e. The summed E-state index contributed by atoms with van der Waals surface area (Å²) in [7, 11) is 0. The summed E-state index contributed by atoms with van der Waals surface area (Å²) in [5.74, 6) is -0.0589. The average Bonchev–Trinajstić information content (AvgIpc) is 3.18. The van der Waals surface area contributed by atoms with Crippen LogP contribution in [-0.2, 0) is 14.3 Å². The molecule has 1 N–H and O–H groups in total. The fourth-order valence-electron chi connectivity index (χ4n) is 2.67. The lowest BCUT2D eigenvalue weighted by Crippen LogP contribution is -2.62. The Kier molecular flexibility index (Phi) is 5.44. The molecule has 2 rings (SSSR count). The molecule has 7 nitrogen and oxygen atoms in total. The van der Waals surface area contributed by atoms with Crippen LogP contribution in [0.4, 0.5) is 4.79 Å². The lowest BCUT2D eigenvalue weighted by molar-refractivity contribution is -0.130. The Morgan fingerprint density at radius 3 is 2.29 bits per heavy atom. The van der Waals surface area contributed by atoms with Crippen molar-refractivity contribution in [2.24, 2.45) is 0 Å². The molecule has 2 atom stereocenters. The van der Waals surface area contributed by atoms with E-state index in [2.05, 4.69) is 10.2 Å². The Bertz CT molecular complexity index is 477. The predicted octanol–water partition coefficient (Wildman–Crippen LogP) is 1.22. The summed E-state index contributed by atoms with van der Waals surface area (Å²) in [6.45, 7) is 14.4. The van der Waals surface area contributed by atoms with Gasteiger partial charge in [0.2, 0.25) is 5.91 Å². The van der Waals surface area contributed by atoms with Gasteiger partial charge in [-0.2, -0.15) is 0 Å². The van der Waals surface area contributed by atoms with Gasteiger partial charge in [-0.1, -0.05) is 0 Å². The second kappa shape index (κ2) is 6.88. The molecular formula is C17H31N3O4. The van der Waals surface area contributed by atoms with Gasteiger partial charge in [0, 0.05) is 31.7 Å². The molecule has 0 aromatic carbocycles. The van der Waals surface area contributed by atoms with Gasteiger partial charge in [0.05, 0.1) is 12.7 Å². The topological polar surface area (TPSA) is 74.4 Å². The van der Waals surface area contributed by atoms with E-state index in [0.29, 0.717) is 19.6 Å². The van der Waals surface area contributed by atoms with Crippen molar-refractivity contribution in [3.05, 3.63) is 0 Å². The first-order valence-corrected chi connectivity index (χ1v) is 8.60. The van der Waals surface area contributed by atoms with E-state index in [1.165, 1.54) is 0 Å². The van der Waals surface area contributed by atoms with Gasteiger partial charge in [0.25, 0.3) is 0 Å². The fourth-order valence-corrected chi connectivity index (χ4v) is 2.67. The van der Waals surface area contributed by atoms with Crippen LogP contribution in [0.1, 0.15) is 41.5 Å². The minimum absolute atomic E-state index is 0.0589. The van der Waals surface area contributed by atoms with Gasteiger partial charge >= 0.3 is 6.09 Å². The number of piperazine rings is 1. The molecule has 0 bridgehead atoms. The lowest BCUT2D eigenvalue weighted by atomic mass is 10.1. The first kappa shape index (κ1) is 19.0. The van der Waals surface area contributed by atoms with Crippen LogP contribution in [0.15, 0.2) is 0 Å².